The fraction of sp³-hybridized carbons (Fsp3) is 0.188. The molecule has 0 fully saturated rings. The van der Waals surface area contributed by atoms with Gasteiger partial charge in [0.05, 0.1) is 4.90 Å². The van der Waals surface area contributed by atoms with Gasteiger partial charge in [-0.15, -0.1) is 0 Å². The lowest BCUT2D eigenvalue weighted by Crippen LogP contribution is -2.17. The Labute approximate surface area is 140 Å². The fourth-order valence-corrected chi connectivity index (χ4v) is 3.52. The molecular weight excluding hydrogens is 326 g/mol. The Bertz CT molecular complexity index is 1000. The molecule has 24 heavy (non-hydrogen) atoms. The van der Waals surface area contributed by atoms with E-state index in [4.69, 9.17) is 5.73 Å². The Hall–Kier alpha value is -2.74. The van der Waals surface area contributed by atoms with Gasteiger partial charge in [-0.1, -0.05) is 30.3 Å². The third kappa shape index (κ3) is 3.28. The largest absolute Gasteiger partial charge is 0.368 e. The van der Waals surface area contributed by atoms with Crippen molar-refractivity contribution in [3.05, 3.63) is 48.3 Å². The third-order valence-corrected chi connectivity index (χ3v) is 5.10. The molecule has 0 aliphatic heterocycles. The Morgan fingerprint density at radius 1 is 1.00 bits per heavy atom. The predicted molar refractivity (Wildman–Crippen MR) is 93.4 cm³/mol. The standard InChI is InChI=1S/C16H17N5O2S/c1-21(2)16-19-14(18-15(17)20-16)10-24(22,23)13-8-7-11-5-3-4-6-12(11)9-13/h3-9H,10H2,1-2H3,(H2,17,18,19,20). The number of aromatic nitrogens is 3. The summed E-state index contributed by atoms with van der Waals surface area (Å²) in [5.41, 5.74) is 5.65. The van der Waals surface area contributed by atoms with Crippen molar-refractivity contribution >= 4 is 32.5 Å². The highest BCUT2D eigenvalue weighted by molar-refractivity contribution is 7.90. The minimum absolute atomic E-state index is 0.00240. The van der Waals surface area contributed by atoms with Crippen LogP contribution in [0.15, 0.2) is 47.4 Å². The molecule has 0 atom stereocenters. The summed E-state index contributed by atoms with van der Waals surface area (Å²) >= 11 is 0. The maximum atomic E-state index is 12.7. The number of sulfone groups is 1. The first-order chi connectivity index (χ1) is 11.3. The van der Waals surface area contributed by atoms with Crippen LogP contribution in [0.5, 0.6) is 0 Å². The molecule has 0 aliphatic rings. The van der Waals surface area contributed by atoms with Gasteiger partial charge in [0.15, 0.2) is 15.7 Å². The second-order valence-corrected chi connectivity index (χ2v) is 7.56. The number of nitrogens with zero attached hydrogens (tertiary/aromatic N) is 4. The van der Waals surface area contributed by atoms with Gasteiger partial charge < -0.3 is 10.6 Å². The first-order valence-electron chi connectivity index (χ1n) is 7.24. The number of nitrogen functional groups attached to an aromatic ring is 1. The number of anilines is 2. The summed E-state index contributed by atoms with van der Waals surface area (Å²) < 4.78 is 25.4. The van der Waals surface area contributed by atoms with Gasteiger partial charge >= 0.3 is 0 Å². The maximum Gasteiger partial charge on any atom is 0.229 e. The Kier molecular flexibility index (Phi) is 4.06. The summed E-state index contributed by atoms with van der Waals surface area (Å²) in [6.07, 6.45) is 0. The van der Waals surface area contributed by atoms with Gasteiger partial charge in [-0.2, -0.15) is 15.0 Å². The number of nitrogens with two attached hydrogens (primary N) is 1. The van der Waals surface area contributed by atoms with E-state index in [0.29, 0.717) is 5.95 Å². The van der Waals surface area contributed by atoms with Crippen molar-refractivity contribution in [2.45, 2.75) is 10.6 Å². The van der Waals surface area contributed by atoms with Crippen molar-refractivity contribution in [3.8, 4) is 0 Å². The normalized spacial score (nSPS) is 11.6. The van der Waals surface area contributed by atoms with E-state index in [2.05, 4.69) is 15.0 Å². The van der Waals surface area contributed by atoms with E-state index < -0.39 is 9.84 Å². The molecule has 0 saturated carbocycles. The average molecular weight is 343 g/mol. The molecule has 8 heteroatoms. The van der Waals surface area contributed by atoms with Gasteiger partial charge in [-0.3, -0.25) is 0 Å². The third-order valence-electron chi connectivity index (χ3n) is 3.49. The van der Waals surface area contributed by atoms with E-state index in [1.807, 2.05) is 24.3 Å². The molecule has 1 heterocycles. The van der Waals surface area contributed by atoms with Crippen molar-refractivity contribution < 1.29 is 8.42 Å². The molecule has 0 aliphatic carbocycles. The summed E-state index contributed by atoms with van der Waals surface area (Å²) in [4.78, 5) is 13.9. The van der Waals surface area contributed by atoms with Crippen molar-refractivity contribution in [1.82, 2.24) is 15.0 Å². The van der Waals surface area contributed by atoms with E-state index in [1.54, 1.807) is 37.2 Å². The predicted octanol–water partition coefficient (Wildman–Crippen LogP) is 1.65. The smallest absolute Gasteiger partial charge is 0.229 e. The van der Waals surface area contributed by atoms with Crippen molar-refractivity contribution in [2.24, 2.45) is 0 Å². The zero-order valence-electron chi connectivity index (χ0n) is 13.3. The van der Waals surface area contributed by atoms with E-state index in [-0.39, 0.29) is 22.4 Å². The molecule has 7 nitrogen and oxygen atoms in total. The zero-order valence-corrected chi connectivity index (χ0v) is 14.2. The molecule has 1 aromatic heterocycles. The van der Waals surface area contributed by atoms with Gasteiger partial charge in [0.1, 0.15) is 5.75 Å². The summed E-state index contributed by atoms with van der Waals surface area (Å²) in [6.45, 7) is 0. The molecule has 124 valence electrons. The molecule has 0 saturated heterocycles. The van der Waals surface area contributed by atoms with Crippen LogP contribution in [0.1, 0.15) is 5.82 Å². The second kappa shape index (κ2) is 6.04. The zero-order chi connectivity index (χ0) is 17.3. The molecule has 0 spiro atoms. The highest BCUT2D eigenvalue weighted by Gasteiger charge is 2.19. The van der Waals surface area contributed by atoms with Crippen LogP contribution in [0.2, 0.25) is 0 Å². The summed E-state index contributed by atoms with van der Waals surface area (Å²) in [7, 11) is -0.0980. The van der Waals surface area contributed by atoms with Crippen LogP contribution >= 0.6 is 0 Å². The van der Waals surface area contributed by atoms with E-state index in [9.17, 15) is 8.42 Å². The molecule has 0 unspecified atom stereocenters. The van der Waals surface area contributed by atoms with Crippen LogP contribution in [0, 0.1) is 0 Å². The van der Waals surface area contributed by atoms with Gasteiger partial charge in [-0.25, -0.2) is 8.42 Å². The lowest BCUT2D eigenvalue weighted by atomic mass is 10.1. The lowest BCUT2D eigenvalue weighted by molar-refractivity contribution is 0.594. The first-order valence-corrected chi connectivity index (χ1v) is 8.90. The molecule has 3 rings (SSSR count). The van der Waals surface area contributed by atoms with Crippen molar-refractivity contribution in [2.75, 3.05) is 24.7 Å². The minimum Gasteiger partial charge on any atom is -0.368 e. The highest BCUT2D eigenvalue weighted by atomic mass is 32.2. The van der Waals surface area contributed by atoms with Crippen molar-refractivity contribution in [3.63, 3.8) is 0 Å². The van der Waals surface area contributed by atoms with E-state index in [0.717, 1.165) is 10.8 Å². The van der Waals surface area contributed by atoms with Gasteiger partial charge in [0.2, 0.25) is 11.9 Å². The number of benzene rings is 2. The Morgan fingerprint density at radius 3 is 2.42 bits per heavy atom. The van der Waals surface area contributed by atoms with Crippen LogP contribution in [0.4, 0.5) is 11.9 Å². The Balaban J connectivity index is 1.98. The van der Waals surface area contributed by atoms with E-state index >= 15 is 0 Å². The molecule has 0 bridgehead atoms. The minimum atomic E-state index is -3.59. The SMILES string of the molecule is CN(C)c1nc(N)nc(CS(=O)(=O)c2ccc3ccccc3c2)n1. The number of hydrogen-bond donors (Lipinski definition) is 1. The second-order valence-electron chi connectivity index (χ2n) is 5.57. The van der Waals surface area contributed by atoms with E-state index in [1.165, 1.54) is 0 Å². The van der Waals surface area contributed by atoms with Gasteiger partial charge in [-0.05, 0) is 22.9 Å². The maximum absolute atomic E-state index is 12.7. The van der Waals surface area contributed by atoms with Gasteiger partial charge in [0.25, 0.3) is 0 Å². The highest BCUT2D eigenvalue weighted by Crippen LogP contribution is 2.21. The van der Waals surface area contributed by atoms with Crippen LogP contribution in [-0.4, -0.2) is 37.5 Å². The molecule has 2 N–H and O–H groups in total. The molecule has 3 aromatic rings. The first kappa shape index (κ1) is 16.1. The Morgan fingerprint density at radius 2 is 1.71 bits per heavy atom. The molecule has 0 radical (unpaired) electrons. The summed E-state index contributed by atoms with van der Waals surface area (Å²) in [5.74, 6) is 0.113. The number of rotatable bonds is 4. The summed E-state index contributed by atoms with van der Waals surface area (Å²) in [6, 6.07) is 12.6. The van der Waals surface area contributed by atoms with Crippen LogP contribution in [0.3, 0.4) is 0 Å². The van der Waals surface area contributed by atoms with Crippen LogP contribution < -0.4 is 10.6 Å². The number of fused-ring (bicyclic) bond motifs is 1. The van der Waals surface area contributed by atoms with Crippen LogP contribution in [-0.2, 0) is 15.6 Å². The topological polar surface area (TPSA) is 102 Å². The lowest BCUT2D eigenvalue weighted by Gasteiger charge is -2.11. The molecule has 0 amide bonds. The van der Waals surface area contributed by atoms with Crippen molar-refractivity contribution in [1.29, 1.82) is 0 Å². The monoisotopic (exact) mass is 343 g/mol. The van der Waals surface area contributed by atoms with Gasteiger partial charge in [0, 0.05) is 14.1 Å². The molecule has 2 aromatic carbocycles. The summed E-state index contributed by atoms with van der Waals surface area (Å²) in [5, 5.41) is 1.85. The molecular formula is C16H17N5O2S. The average Bonchev–Trinajstić information content (AvgIpc) is 2.53. The quantitative estimate of drug-likeness (QED) is 0.768. The fourth-order valence-electron chi connectivity index (χ4n) is 2.30. The number of hydrogen-bond acceptors (Lipinski definition) is 7. The van der Waals surface area contributed by atoms with Crippen LogP contribution in [0.25, 0.3) is 10.8 Å².